The second-order valence-corrected chi connectivity index (χ2v) is 6.47. The summed E-state index contributed by atoms with van der Waals surface area (Å²) < 4.78 is 0. The first-order valence-corrected chi connectivity index (χ1v) is 8.67. The number of pyridine rings is 2. The van der Waals surface area contributed by atoms with E-state index in [1.165, 1.54) is 0 Å². The zero-order chi connectivity index (χ0) is 17.9. The van der Waals surface area contributed by atoms with Crippen molar-refractivity contribution in [3.8, 4) is 0 Å². The third-order valence-corrected chi connectivity index (χ3v) is 4.79. The molecule has 8 heteroatoms. The molecule has 8 nitrogen and oxygen atoms in total. The average Bonchev–Trinajstić information content (AvgIpc) is 3.09. The molecule has 0 spiro atoms. The van der Waals surface area contributed by atoms with E-state index in [0.717, 1.165) is 24.6 Å². The molecule has 2 unspecified atom stereocenters. The highest BCUT2D eigenvalue weighted by molar-refractivity contribution is 5.93. The van der Waals surface area contributed by atoms with Crippen LogP contribution in [0.25, 0.3) is 10.8 Å². The van der Waals surface area contributed by atoms with Crippen molar-refractivity contribution in [2.75, 3.05) is 17.2 Å². The average molecular weight is 352 g/mol. The summed E-state index contributed by atoms with van der Waals surface area (Å²) in [5.41, 5.74) is -0.193. The van der Waals surface area contributed by atoms with Gasteiger partial charge in [-0.1, -0.05) is 6.42 Å². The van der Waals surface area contributed by atoms with Crippen LogP contribution >= 0.6 is 0 Å². The first-order valence-electron chi connectivity index (χ1n) is 8.67. The monoisotopic (exact) mass is 352 g/mol. The second-order valence-electron chi connectivity index (χ2n) is 6.47. The number of rotatable bonds is 5. The molecule has 0 amide bonds. The molecule has 1 saturated carbocycles. The maximum Gasteiger partial charge on any atom is 0.259 e. The van der Waals surface area contributed by atoms with Gasteiger partial charge in [0.15, 0.2) is 0 Å². The van der Waals surface area contributed by atoms with E-state index < -0.39 is 0 Å². The highest BCUT2D eigenvalue weighted by atomic mass is 16.3. The molecule has 0 aromatic carbocycles. The Hall–Kier alpha value is -3.00. The minimum absolute atomic E-state index is 0.0991. The third-order valence-electron chi connectivity index (χ3n) is 4.79. The van der Waals surface area contributed by atoms with E-state index in [4.69, 9.17) is 0 Å². The van der Waals surface area contributed by atoms with Gasteiger partial charge in [-0.3, -0.25) is 9.78 Å². The summed E-state index contributed by atoms with van der Waals surface area (Å²) in [6, 6.07) is 3.74. The lowest BCUT2D eigenvalue weighted by Crippen LogP contribution is -2.27. The topological polar surface area (TPSA) is 116 Å². The van der Waals surface area contributed by atoms with Crippen LogP contribution in [0.4, 0.5) is 17.5 Å². The standard InChI is InChI=1S/C18H20N6O2/c25-10-12-2-1-3-13(12)22-17-16-11(4-5-21-18(16)26)8-14(24-17)23-15-9-19-6-7-20-15/h4-9,12-13,25H,1-3,10H2,(H,21,26)(H2,20,22,23,24). The SMILES string of the molecule is O=c1[nH]ccc2cc(Nc3cnccn3)nc(NC3CCCC3CO)c12. The first-order chi connectivity index (χ1) is 12.7. The van der Waals surface area contributed by atoms with Gasteiger partial charge in [0.05, 0.1) is 11.6 Å². The Morgan fingerprint density at radius 3 is 3.00 bits per heavy atom. The van der Waals surface area contributed by atoms with Crippen molar-refractivity contribution in [1.29, 1.82) is 0 Å². The van der Waals surface area contributed by atoms with Crippen LogP contribution in [0, 0.1) is 5.92 Å². The molecule has 3 heterocycles. The molecule has 134 valence electrons. The number of nitrogens with one attached hydrogen (secondary N) is 3. The van der Waals surface area contributed by atoms with Gasteiger partial charge in [0.2, 0.25) is 0 Å². The molecule has 4 rings (SSSR count). The van der Waals surface area contributed by atoms with E-state index in [-0.39, 0.29) is 24.1 Å². The van der Waals surface area contributed by atoms with Crippen molar-refractivity contribution in [2.45, 2.75) is 25.3 Å². The molecule has 0 saturated heterocycles. The molecule has 26 heavy (non-hydrogen) atoms. The number of aromatic nitrogens is 4. The van der Waals surface area contributed by atoms with Gasteiger partial charge in [-0.25, -0.2) is 9.97 Å². The summed E-state index contributed by atoms with van der Waals surface area (Å²) in [6.07, 6.45) is 9.39. The lowest BCUT2D eigenvalue weighted by atomic mass is 10.0. The van der Waals surface area contributed by atoms with Crippen molar-refractivity contribution in [2.24, 2.45) is 5.92 Å². The van der Waals surface area contributed by atoms with Crippen molar-refractivity contribution >= 4 is 28.2 Å². The van der Waals surface area contributed by atoms with Gasteiger partial charge in [-0.05, 0) is 30.4 Å². The molecule has 1 aliphatic rings. The molecular weight excluding hydrogens is 332 g/mol. The Kier molecular flexibility index (Phi) is 4.49. The Labute approximate surface area is 149 Å². The molecule has 3 aromatic heterocycles. The Balaban J connectivity index is 1.75. The number of aliphatic hydroxyl groups is 1. The van der Waals surface area contributed by atoms with E-state index in [1.807, 2.05) is 12.1 Å². The normalized spacial score (nSPS) is 19.6. The van der Waals surface area contributed by atoms with E-state index >= 15 is 0 Å². The zero-order valence-corrected chi connectivity index (χ0v) is 14.1. The summed E-state index contributed by atoms with van der Waals surface area (Å²) in [4.78, 5) is 27.9. The number of hydrogen-bond donors (Lipinski definition) is 4. The van der Waals surface area contributed by atoms with Gasteiger partial charge in [-0.15, -0.1) is 0 Å². The van der Waals surface area contributed by atoms with E-state index in [0.29, 0.717) is 22.8 Å². The van der Waals surface area contributed by atoms with Crippen molar-refractivity contribution in [3.63, 3.8) is 0 Å². The fraction of sp³-hybridized carbons (Fsp3) is 0.333. The summed E-state index contributed by atoms with van der Waals surface area (Å²) in [6.45, 7) is 0.128. The Morgan fingerprint density at radius 1 is 1.27 bits per heavy atom. The maximum absolute atomic E-state index is 12.4. The Morgan fingerprint density at radius 2 is 2.19 bits per heavy atom. The number of aliphatic hydroxyl groups excluding tert-OH is 1. The molecule has 2 atom stereocenters. The van der Waals surface area contributed by atoms with E-state index in [9.17, 15) is 9.90 Å². The smallest absolute Gasteiger partial charge is 0.259 e. The van der Waals surface area contributed by atoms with E-state index in [1.54, 1.807) is 24.8 Å². The van der Waals surface area contributed by atoms with Gasteiger partial charge in [0.1, 0.15) is 17.5 Å². The van der Waals surface area contributed by atoms with Crippen LogP contribution in [0.5, 0.6) is 0 Å². The number of anilines is 3. The summed E-state index contributed by atoms with van der Waals surface area (Å²) >= 11 is 0. The summed E-state index contributed by atoms with van der Waals surface area (Å²) in [7, 11) is 0. The van der Waals surface area contributed by atoms with Crippen LogP contribution in [-0.2, 0) is 0 Å². The molecule has 3 aromatic rings. The number of aromatic amines is 1. The minimum Gasteiger partial charge on any atom is -0.396 e. The first kappa shape index (κ1) is 16.5. The predicted octanol–water partition coefficient (Wildman–Crippen LogP) is 2.03. The molecule has 0 aliphatic heterocycles. The van der Waals surface area contributed by atoms with Crippen LogP contribution in [0.3, 0.4) is 0 Å². The van der Waals surface area contributed by atoms with Crippen LogP contribution < -0.4 is 16.2 Å². The van der Waals surface area contributed by atoms with Gasteiger partial charge < -0.3 is 20.7 Å². The zero-order valence-electron chi connectivity index (χ0n) is 14.1. The lowest BCUT2D eigenvalue weighted by molar-refractivity contribution is 0.222. The predicted molar refractivity (Wildman–Crippen MR) is 99.5 cm³/mol. The summed E-state index contributed by atoms with van der Waals surface area (Å²) in [5.74, 6) is 1.83. The molecule has 0 bridgehead atoms. The van der Waals surface area contributed by atoms with Crippen LogP contribution in [0.2, 0.25) is 0 Å². The van der Waals surface area contributed by atoms with Gasteiger partial charge >= 0.3 is 0 Å². The lowest BCUT2D eigenvalue weighted by Gasteiger charge is -2.21. The fourth-order valence-electron chi connectivity index (χ4n) is 3.50. The second kappa shape index (κ2) is 7.09. The largest absolute Gasteiger partial charge is 0.396 e. The number of H-pyrrole nitrogens is 1. The molecule has 1 fully saturated rings. The minimum atomic E-state index is -0.193. The molecular formula is C18H20N6O2. The van der Waals surface area contributed by atoms with Crippen LogP contribution in [-0.4, -0.2) is 37.7 Å². The van der Waals surface area contributed by atoms with Crippen molar-refractivity contribution < 1.29 is 5.11 Å². The van der Waals surface area contributed by atoms with Crippen LogP contribution in [0.15, 0.2) is 41.7 Å². The van der Waals surface area contributed by atoms with Gasteiger partial charge in [0.25, 0.3) is 5.56 Å². The van der Waals surface area contributed by atoms with Gasteiger partial charge in [-0.2, -0.15) is 0 Å². The molecule has 1 aliphatic carbocycles. The van der Waals surface area contributed by atoms with Crippen LogP contribution in [0.1, 0.15) is 19.3 Å². The number of fused-ring (bicyclic) bond motifs is 1. The highest BCUT2D eigenvalue weighted by Gasteiger charge is 2.27. The number of nitrogens with zero attached hydrogens (tertiary/aromatic N) is 3. The Bertz CT molecular complexity index is 959. The third kappa shape index (κ3) is 3.23. The molecule has 0 radical (unpaired) electrons. The maximum atomic E-state index is 12.4. The van der Waals surface area contributed by atoms with E-state index in [2.05, 4.69) is 30.6 Å². The molecule has 4 N–H and O–H groups in total. The highest BCUT2D eigenvalue weighted by Crippen LogP contribution is 2.30. The fourth-order valence-corrected chi connectivity index (χ4v) is 3.50. The number of hydrogen-bond acceptors (Lipinski definition) is 7. The van der Waals surface area contributed by atoms with Crippen molar-refractivity contribution in [3.05, 3.63) is 47.3 Å². The summed E-state index contributed by atoms with van der Waals surface area (Å²) in [5, 5.41) is 17.4. The quantitative estimate of drug-likeness (QED) is 0.555. The van der Waals surface area contributed by atoms with Gasteiger partial charge in [0, 0.05) is 37.2 Å². The van der Waals surface area contributed by atoms with Crippen molar-refractivity contribution in [1.82, 2.24) is 19.9 Å².